The first-order valence-corrected chi connectivity index (χ1v) is 5.07. The van der Waals surface area contributed by atoms with Crippen LogP contribution in [0.2, 0.25) is 0 Å². The summed E-state index contributed by atoms with van der Waals surface area (Å²) in [5.41, 5.74) is 0. The summed E-state index contributed by atoms with van der Waals surface area (Å²) in [6.45, 7) is 7.45. The maximum atomic E-state index is 5.77. The summed E-state index contributed by atoms with van der Waals surface area (Å²) >= 11 is 0. The quantitative estimate of drug-likeness (QED) is 0.682. The van der Waals surface area contributed by atoms with Gasteiger partial charge in [0.2, 0.25) is 0 Å². The minimum atomic E-state index is 0.373. The molecule has 0 spiro atoms. The molecular weight excluding hydrogens is 150 g/mol. The molecule has 1 fully saturated rings. The van der Waals surface area contributed by atoms with E-state index in [0.717, 1.165) is 6.54 Å². The molecule has 0 aromatic heterocycles. The fraction of sp³-hybridized carbons (Fsp3) is 1.00. The second kappa shape index (κ2) is 4.83. The minimum absolute atomic E-state index is 0.373. The molecule has 1 atom stereocenters. The van der Waals surface area contributed by atoms with Crippen molar-refractivity contribution in [1.82, 2.24) is 5.32 Å². The predicted octanol–water partition coefficient (Wildman–Crippen LogP) is 1.94. The van der Waals surface area contributed by atoms with Crippen LogP contribution in [0.1, 0.15) is 40.0 Å². The van der Waals surface area contributed by atoms with Gasteiger partial charge >= 0.3 is 0 Å². The molecule has 1 aliphatic rings. The second-order valence-electron chi connectivity index (χ2n) is 4.06. The lowest BCUT2D eigenvalue weighted by atomic mass is 9.96. The van der Waals surface area contributed by atoms with Gasteiger partial charge in [0, 0.05) is 12.6 Å². The first-order chi connectivity index (χ1) is 5.68. The third kappa shape index (κ3) is 3.55. The largest absolute Gasteiger partial charge is 0.374 e. The summed E-state index contributed by atoms with van der Waals surface area (Å²) in [4.78, 5) is 0. The molecule has 0 saturated heterocycles. The summed E-state index contributed by atoms with van der Waals surface area (Å²) in [6.07, 6.45) is 4.83. The molecule has 12 heavy (non-hydrogen) atoms. The van der Waals surface area contributed by atoms with Crippen LogP contribution in [0.15, 0.2) is 0 Å². The van der Waals surface area contributed by atoms with Crippen molar-refractivity contribution in [2.24, 2.45) is 0 Å². The Morgan fingerprint density at radius 2 is 2.00 bits per heavy atom. The smallest absolute Gasteiger partial charge is 0.0675 e. The summed E-state index contributed by atoms with van der Waals surface area (Å²) < 4.78 is 5.77. The van der Waals surface area contributed by atoms with Crippen molar-refractivity contribution in [3.8, 4) is 0 Å². The maximum Gasteiger partial charge on any atom is 0.0675 e. The molecule has 0 aromatic rings. The summed E-state index contributed by atoms with van der Waals surface area (Å²) in [7, 11) is 0. The molecule has 1 aliphatic carbocycles. The highest BCUT2D eigenvalue weighted by Crippen LogP contribution is 2.22. The van der Waals surface area contributed by atoms with Crippen LogP contribution < -0.4 is 5.32 Å². The van der Waals surface area contributed by atoms with Crippen molar-refractivity contribution in [2.75, 3.05) is 6.54 Å². The molecule has 2 nitrogen and oxygen atoms in total. The number of rotatable bonds is 5. The normalized spacial score (nSPS) is 21.0. The minimum Gasteiger partial charge on any atom is -0.374 e. The second-order valence-corrected chi connectivity index (χ2v) is 4.06. The highest BCUT2D eigenvalue weighted by Gasteiger charge is 2.20. The molecule has 1 saturated carbocycles. The van der Waals surface area contributed by atoms with Gasteiger partial charge in [0.25, 0.3) is 0 Å². The summed E-state index contributed by atoms with van der Waals surface area (Å²) in [5, 5.41) is 3.37. The van der Waals surface area contributed by atoms with E-state index in [9.17, 15) is 0 Å². The van der Waals surface area contributed by atoms with Crippen molar-refractivity contribution in [3.05, 3.63) is 0 Å². The first-order valence-electron chi connectivity index (χ1n) is 5.07. The molecule has 0 bridgehead atoms. The van der Waals surface area contributed by atoms with E-state index in [1.54, 1.807) is 0 Å². The standard InChI is InChI=1S/C10H21NO/c1-8(2)11-7-9(3)12-10-5-4-6-10/h8-11H,4-7H2,1-3H3. The number of hydrogen-bond acceptors (Lipinski definition) is 2. The SMILES string of the molecule is CC(C)NCC(C)OC1CCC1. The molecule has 0 amide bonds. The average Bonchev–Trinajstić information content (AvgIpc) is 1.93. The van der Waals surface area contributed by atoms with Gasteiger partial charge in [-0.3, -0.25) is 0 Å². The van der Waals surface area contributed by atoms with Crippen LogP contribution in [-0.4, -0.2) is 24.8 Å². The highest BCUT2D eigenvalue weighted by molar-refractivity contribution is 4.71. The summed E-state index contributed by atoms with van der Waals surface area (Å²) in [5.74, 6) is 0. The zero-order valence-corrected chi connectivity index (χ0v) is 8.47. The third-order valence-electron chi connectivity index (χ3n) is 2.29. The first kappa shape index (κ1) is 10.0. The van der Waals surface area contributed by atoms with Gasteiger partial charge in [-0.25, -0.2) is 0 Å². The fourth-order valence-corrected chi connectivity index (χ4v) is 1.29. The van der Waals surface area contributed by atoms with E-state index in [1.807, 2.05) is 0 Å². The molecule has 2 heteroatoms. The van der Waals surface area contributed by atoms with Gasteiger partial charge in [-0.1, -0.05) is 13.8 Å². The van der Waals surface area contributed by atoms with Crippen molar-refractivity contribution >= 4 is 0 Å². The zero-order valence-electron chi connectivity index (χ0n) is 8.47. The molecule has 0 aromatic carbocycles. The lowest BCUT2D eigenvalue weighted by Gasteiger charge is -2.29. The van der Waals surface area contributed by atoms with Gasteiger partial charge in [0.15, 0.2) is 0 Å². The Morgan fingerprint density at radius 3 is 2.42 bits per heavy atom. The fourth-order valence-electron chi connectivity index (χ4n) is 1.29. The van der Waals surface area contributed by atoms with Crippen LogP contribution in [-0.2, 0) is 4.74 Å². The van der Waals surface area contributed by atoms with E-state index in [4.69, 9.17) is 4.74 Å². The van der Waals surface area contributed by atoms with Crippen molar-refractivity contribution < 1.29 is 4.74 Å². The van der Waals surface area contributed by atoms with Crippen molar-refractivity contribution in [3.63, 3.8) is 0 Å². The number of ether oxygens (including phenoxy) is 1. The lowest BCUT2D eigenvalue weighted by Crippen LogP contribution is -2.35. The Balaban J connectivity index is 1.98. The van der Waals surface area contributed by atoms with E-state index < -0.39 is 0 Å². The Labute approximate surface area is 75.7 Å². The van der Waals surface area contributed by atoms with E-state index in [2.05, 4.69) is 26.1 Å². The van der Waals surface area contributed by atoms with Gasteiger partial charge < -0.3 is 10.1 Å². The molecule has 0 heterocycles. The molecule has 1 rings (SSSR count). The van der Waals surface area contributed by atoms with Gasteiger partial charge in [0.05, 0.1) is 12.2 Å². The van der Waals surface area contributed by atoms with Crippen LogP contribution in [0, 0.1) is 0 Å². The number of nitrogens with one attached hydrogen (secondary N) is 1. The Morgan fingerprint density at radius 1 is 1.33 bits per heavy atom. The number of hydrogen-bond donors (Lipinski definition) is 1. The maximum absolute atomic E-state index is 5.77. The van der Waals surface area contributed by atoms with Crippen LogP contribution in [0.5, 0.6) is 0 Å². The highest BCUT2D eigenvalue weighted by atomic mass is 16.5. The van der Waals surface area contributed by atoms with Crippen molar-refractivity contribution in [1.29, 1.82) is 0 Å². The molecular formula is C10H21NO. The zero-order chi connectivity index (χ0) is 8.97. The average molecular weight is 171 g/mol. The Kier molecular flexibility index (Phi) is 4.02. The predicted molar refractivity (Wildman–Crippen MR) is 51.3 cm³/mol. The monoisotopic (exact) mass is 171 g/mol. The van der Waals surface area contributed by atoms with Crippen molar-refractivity contribution in [2.45, 2.75) is 58.3 Å². The summed E-state index contributed by atoms with van der Waals surface area (Å²) in [6, 6.07) is 0.567. The molecule has 0 aliphatic heterocycles. The van der Waals surface area contributed by atoms with Gasteiger partial charge in [-0.2, -0.15) is 0 Å². The van der Waals surface area contributed by atoms with Crippen LogP contribution in [0.25, 0.3) is 0 Å². The van der Waals surface area contributed by atoms with E-state index in [-0.39, 0.29) is 0 Å². The van der Waals surface area contributed by atoms with Gasteiger partial charge in [-0.15, -0.1) is 0 Å². The third-order valence-corrected chi connectivity index (χ3v) is 2.29. The Hall–Kier alpha value is -0.0800. The molecule has 0 radical (unpaired) electrons. The van der Waals surface area contributed by atoms with Crippen LogP contribution in [0.4, 0.5) is 0 Å². The van der Waals surface area contributed by atoms with E-state index >= 15 is 0 Å². The van der Waals surface area contributed by atoms with E-state index in [1.165, 1.54) is 19.3 Å². The van der Waals surface area contributed by atoms with Gasteiger partial charge in [-0.05, 0) is 26.2 Å². The molecule has 1 unspecified atom stereocenters. The molecule has 1 N–H and O–H groups in total. The topological polar surface area (TPSA) is 21.3 Å². The molecule has 72 valence electrons. The Bertz CT molecular complexity index is 121. The van der Waals surface area contributed by atoms with Crippen LogP contribution >= 0.6 is 0 Å². The lowest BCUT2D eigenvalue weighted by molar-refractivity contribution is -0.0423. The van der Waals surface area contributed by atoms with E-state index in [0.29, 0.717) is 18.2 Å². The van der Waals surface area contributed by atoms with Gasteiger partial charge in [0.1, 0.15) is 0 Å². The van der Waals surface area contributed by atoms with Crippen LogP contribution in [0.3, 0.4) is 0 Å².